The van der Waals surface area contributed by atoms with Gasteiger partial charge in [-0.2, -0.15) is 0 Å². The minimum Gasteiger partial charge on any atom is -0.501 e. The van der Waals surface area contributed by atoms with Crippen molar-refractivity contribution in [3.63, 3.8) is 0 Å². The number of allylic oxidation sites excluding steroid dienone is 4. The summed E-state index contributed by atoms with van der Waals surface area (Å²) >= 11 is 0. The molecule has 0 N–H and O–H groups in total. The number of rotatable bonds is 1. The number of alkyl halides is 1. The van der Waals surface area contributed by atoms with E-state index >= 15 is 4.39 Å². The van der Waals surface area contributed by atoms with Crippen LogP contribution < -0.4 is 0 Å². The van der Waals surface area contributed by atoms with E-state index in [-0.39, 0.29) is 28.3 Å². The molecular weight excluding hydrogens is 355 g/mol. The van der Waals surface area contributed by atoms with E-state index in [0.29, 0.717) is 36.5 Å². The molecule has 0 radical (unpaired) electrons. The van der Waals surface area contributed by atoms with Crippen LogP contribution in [-0.2, 0) is 14.3 Å². The molecule has 1 saturated heterocycles. The average Bonchev–Trinajstić information content (AvgIpc) is 3.29. The van der Waals surface area contributed by atoms with Gasteiger partial charge >= 0.3 is 5.97 Å². The zero-order valence-electron chi connectivity index (χ0n) is 17.2. The molecule has 5 unspecified atom stereocenters. The number of methoxy groups -OCH3 is 1. The minimum atomic E-state index is -0.828. The van der Waals surface area contributed by atoms with Crippen LogP contribution in [0.3, 0.4) is 0 Å². The van der Waals surface area contributed by atoms with Crippen LogP contribution >= 0.6 is 0 Å². The molecule has 1 spiro atoms. The molecule has 4 fully saturated rings. The van der Waals surface area contributed by atoms with Gasteiger partial charge in [-0.1, -0.05) is 19.9 Å². The molecule has 0 aromatic rings. The van der Waals surface area contributed by atoms with E-state index < -0.39 is 6.17 Å². The van der Waals surface area contributed by atoms with E-state index in [0.717, 1.165) is 31.4 Å². The van der Waals surface area contributed by atoms with Crippen LogP contribution in [0.5, 0.6) is 0 Å². The van der Waals surface area contributed by atoms with Crippen molar-refractivity contribution in [2.75, 3.05) is 7.11 Å². The second-order valence-electron chi connectivity index (χ2n) is 10.9. The molecule has 6 rings (SSSR count). The predicted molar refractivity (Wildman–Crippen MR) is 103 cm³/mol. The van der Waals surface area contributed by atoms with Gasteiger partial charge in [0.05, 0.1) is 12.9 Å². The number of carbonyl (C=O) groups is 1. The standard InChI is InChI=1S/C24H31FO3/c1-22-8-6-14(27-3)10-13(22)4-5-15-20-16-11-17(16)24(9-7-19(26)28-24)23(20,2)12-18(25)21(15)22/h4,10,15-18,20-21H,5-9,11-12H2,1-3H3/t15?,16?,17?,18-,20?,21?,22-,23-,24-/m0/s1. The smallest absolute Gasteiger partial charge is 0.306 e. The van der Waals surface area contributed by atoms with Crippen molar-refractivity contribution in [1.29, 1.82) is 0 Å². The first kappa shape index (κ1) is 17.5. The fourth-order valence-corrected chi connectivity index (χ4v) is 8.88. The Labute approximate surface area is 166 Å². The van der Waals surface area contributed by atoms with E-state index in [9.17, 15) is 4.79 Å². The molecule has 0 amide bonds. The maximum Gasteiger partial charge on any atom is 0.306 e. The van der Waals surface area contributed by atoms with Crippen LogP contribution in [0.4, 0.5) is 4.39 Å². The Balaban J connectivity index is 1.43. The lowest BCUT2D eigenvalue weighted by Gasteiger charge is -2.60. The van der Waals surface area contributed by atoms with Crippen molar-refractivity contribution in [1.82, 2.24) is 0 Å². The van der Waals surface area contributed by atoms with Crippen LogP contribution in [0, 0.1) is 40.4 Å². The molecular formula is C24H31FO3. The molecule has 9 atom stereocenters. The molecule has 5 aliphatic carbocycles. The van der Waals surface area contributed by atoms with Crippen LogP contribution in [0.15, 0.2) is 23.5 Å². The van der Waals surface area contributed by atoms with Gasteiger partial charge in [-0.3, -0.25) is 4.79 Å². The van der Waals surface area contributed by atoms with Crippen molar-refractivity contribution in [2.24, 2.45) is 40.4 Å². The third-order valence-corrected chi connectivity index (χ3v) is 10.0. The molecule has 0 aromatic heterocycles. The number of halogens is 1. The normalized spacial score (nSPS) is 56.1. The molecule has 0 aromatic carbocycles. The summed E-state index contributed by atoms with van der Waals surface area (Å²) < 4.78 is 27.6. The summed E-state index contributed by atoms with van der Waals surface area (Å²) in [5.41, 5.74) is 0.612. The number of fused-ring (bicyclic) bond motifs is 9. The lowest BCUT2D eigenvalue weighted by Crippen LogP contribution is -2.59. The van der Waals surface area contributed by atoms with Crippen LogP contribution in [0.25, 0.3) is 0 Å². The van der Waals surface area contributed by atoms with E-state index in [4.69, 9.17) is 9.47 Å². The molecule has 1 aliphatic heterocycles. The van der Waals surface area contributed by atoms with Gasteiger partial charge in [0.2, 0.25) is 0 Å². The van der Waals surface area contributed by atoms with Crippen LogP contribution in [0.1, 0.15) is 58.8 Å². The van der Waals surface area contributed by atoms with E-state index in [1.807, 2.05) is 0 Å². The van der Waals surface area contributed by atoms with Gasteiger partial charge in [0.15, 0.2) is 0 Å². The monoisotopic (exact) mass is 386 g/mol. The van der Waals surface area contributed by atoms with Crippen molar-refractivity contribution in [3.8, 4) is 0 Å². The quantitative estimate of drug-likeness (QED) is 0.597. The molecule has 28 heavy (non-hydrogen) atoms. The Bertz CT molecular complexity index is 817. The Morgan fingerprint density at radius 2 is 2.00 bits per heavy atom. The SMILES string of the molecule is COC1=CC2=CCC3C([C@@H](F)C[C@@]4(C)C3C3CC3[C@@]43CCC(=O)O3)[C@@]2(C)CC1. The van der Waals surface area contributed by atoms with Gasteiger partial charge in [0.1, 0.15) is 11.8 Å². The predicted octanol–water partition coefficient (Wildman–Crippen LogP) is 4.97. The average molecular weight is 387 g/mol. The summed E-state index contributed by atoms with van der Waals surface area (Å²) in [6.07, 6.45) is 9.61. The first-order chi connectivity index (χ1) is 13.3. The zero-order valence-corrected chi connectivity index (χ0v) is 17.2. The molecule has 3 nitrogen and oxygen atoms in total. The summed E-state index contributed by atoms with van der Waals surface area (Å²) in [5, 5.41) is 0. The number of hydrogen-bond donors (Lipinski definition) is 0. The summed E-state index contributed by atoms with van der Waals surface area (Å²) in [5.74, 6) is 3.00. The Hall–Kier alpha value is -1.32. The summed E-state index contributed by atoms with van der Waals surface area (Å²) in [7, 11) is 1.73. The lowest BCUT2D eigenvalue weighted by atomic mass is 9.45. The Morgan fingerprint density at radius 3 is 2.71 bits per heavy atom. The second kappa shape index (κ2) is 5.23. The maximum absolute atomic E-state index is 16.1. The van der Waals surface area contributed by atoms with Crippen molar-refractivity contribution in [3.05, 3.63) is 23.5 Å². The molecule has 152 valence electrons. The van der Waals surface area contributed by atoms with Gasteiger partial charge in [0, 0.05) is 30.1 Å². The lowest BCUT2D eigenvalue weighted by molar-refractivity contribution is -0.184. The fraction of sp³-hybridized carbons (Fsp3) is 0.792. The highest BCUT2D eigenvalue weighted by molar-refractivity contribution is 5.73. The molecule has 4 heteroatoms. The Kier molecular flexibility index (Phi) is 3.28. The molecule has 6 aliphatic rings. The molecule has 3 saturated carbocycles. The Morgan fingerprint density at radius 1 is 1.18 bits per heavy atom. The highest BCUT2D eigenvalue weighted by Crippen LogP contribution is 2.79. The van der Waals surface area contributed by atoms with Gasteiger partial charge < -0.3 is 9.47 Å². The second-order valence-corrected chi connectivity index (χ2v) is 10.9. The number of ether oxygens (including phenoxy) is 2. The first-order valence-corrected chi connectivity index (χ1v) is 11.2. The number of esters is 1. The molecule has 0 bridgehead atoms. The maximum atomic E-state index is 16.1. The van der Waals surface area contributed by atoms with Crippen molar-refractivity contribution < 1.29 is 18.7 Å². The summed E-state index contributed by atoms with van der Waals surface area (Å²) in [6, 6.07) is 0. The van der Waals surface area contributed by atoms with Crippen LogP contribution in [0.2, 0.25) is 0 Å². The number of hydrogen-bond acceptors (Lipinski definition) is 3. The highest BCUT2D eigenvalue weighted by atomic mass is 19.1. The van der Waals surface area contributed by atoms with Gasteiger partial charge in [-0.25, -0.2) is 4.39 Å². The largest absolute Gasteiger partial charge is 0.501 e. The highest BCUT2D eigenvalue weighted by Gasteiger charge is 2.80. The summed E-state index contributed by atoms with van der Waals surface area (Å²) in [4.78, 5) is 12.1. The topological polar surface area (TPSA) is 35.5 Å². The van der Waals surface area contributed by atoms with Crippen molar-refractivity contribution >= 4 is 5.97 Å². The fourth-order valence-electron chi connectivity index (χ4n) is 8.88. The number of carbonyl (C=O) groups excluding carboxylic acids is 1. The summed E-state index contributed by atoms with van der Waals surface area (Å²) in [6.45, 7) is 4.55. The third-order valence-electron chi connectivity index (χ3n) is 10.0. The third kappa shape index (κ3) is 1.84. The van der Waals surface area contributed by atoms with Crippen molar-refractivity contribution in [2.45, 2.75) is 70.6 Å². The van der Waals surface area contributed by atoms with E-state index in [1.165, 1.54) is 12.0 Å². The van der Waals surface area contributed by atoms with Gasteiger partial charge in [-0.05, 0) is 66.9 Å². The van der Waals surface area contributed by atoms with Gasteiger partial charge in [-0.15, -0.1) is 0 Å². The molecule has 1 heterocycles. The zero-order chi connectivity index (χ0) is 19.5. The van der Waals surface area contributed by atoms with Gasteiger partial charge in [0.25, 0.3) is 0 Å². The van der Waals surface area contributed by atoms with Crippen LogP contribution in [-0.4, -0.2) is 24.9 Å². The van der Waals surface area contributed by atoms with E-state index in [2.05, 4.69) is 26.0 Å². The first-order valence-electron chi connectivity index (χ1n) is 11.2. The minimum absolute atomic E-state index is 0.0626. The van der Waals surface area contributed by atoms with E-state index in [1.54, 1.807) is 7.11 Å².